The van der Waals surface area contributed by atoms with Gasteiger partial charge in [0, 0.05) is 17.5 Å². The van der Waals surface area contributed by atoms with Crippen LogP contribution >= 0.6 is 11.3 Å². The highest BCUT2D eigenvalue weighted by molar-refractivity contribution is 7.09. The fourth-order valence-corrected chi connectivity index (χ4v) is 3.67. The molecule has 0 saturated heterocycles. The summed E-state index contributed by atoms with van der Waals surface area (Å²) in [5.41, 5.74) is 2.05. The highest BCUT2D eigenvalue weighted by Gasteiger charge is 2.11. The summed E-state index contributed by atoms with van der Waals surface area (Å²) < 4.78 is 11.7. The van der Waals surface area contributed by atoms with Crippen LogP contribution in [0.4, 0.5) is 5.69 Å². The summed E-state index contributed by atoms with van der Waals surface area (Å²) in [6, 6.07) is 14.6. The number of anilines is 1. The van der Waals surface area contributed by atoms with Gasteiger partial charge >= 0.3 is 0 Å². The summed E-state index contributed by atoms with van der Waals surface area (Å²) >= 11 is 1.59. The normalized spacial score (nSPS) is 10.8. The average Bonchev–Trinajstić information content (AvgIpc) is 3.21. The molecule has 1 amide bonds. The number of hydrogen-bond donors (Lipinski definition) is 1. The van der Waals surface area contributed by atoms with E-state index in [9.17, 15) is 4.79 Å². The molecule has 7 heteroatoms. The predicted octanol–water partition coefficient (Wildman–Crippen LogP) is 5.00. The number of aromatic nitrogens is 1. The van der Waals surface area contributed by atoms with Gasteiger partial charge in [-0.2, -0.15) is 0 Å². The van der Waals surface area contributed by atoms with Gasteiger partial charge in [0.05, 0.1) is 16.4 Å². The van der Waals surface area contributed by atoms with Crippen molar-refractivity contribution in [2.24, 2.45) is 0 Å². The van der Waals surface area contributed by atoms with Gasteiger partial charge in [-0.1, -0.05) is 32.0 Å². The predicted molar refractivity (Wildman–Crippen MR) is 125 cm³/mol. The van der Waals surface area contributed by atoms with Crippen molar-refractivity contribution in [3.63, 3.8) is 0 Å². The average molecular weight is 440 g/mol. The molecule has 0 aliphatic rings. The molecule has 2 aromatic carbocycles. The van der Waals surface area contributed by atoms with Crippen LogP contribution in [0.25, 0.3) is 0 Å². The van der Waals surface area contributed by atoms with E-state index in [2.05, 4.69) is 29.0 Å². The number of aryl methyl sites for hydroxylation is 1. The highest BCUT2D eigenvalue weighted by atomic mass is 32.1. The molecule has 1 N–H and O–H groups in total. The fourth-order valence-electron chi connectivity index (χ4n) is 3.07. The molecule has 0 spiro atoms. The third-order valence-electron chi connectivity index (χ3n) is 4.84. The van der Waals surface area contributed by atoms with Gasteiger partial charge in [-0.3, -0.25) is 4.79 Å². The van der Waals surface area contributed by atoms with Gasteiger partial charge in [0.25, 0.3) is 5.91 Å². The lowest BCUT2D eigenvalue weighted by atomic mass is 10.2. The van der Waals surface area contributed by atoms with Crippen molar-refractivity contribution >= 4 is 22.9 Å². The van der Waals surface area contributed by atoms with E-state index in [4.69, 9.17) is 9.47 Å². The van der Waals surface area contributed by atoms with E-state index in [-0.39, 0.29) is 5.91 Å². The van der Waals surface area contributed by atoms with Gasteiger partial charge < -0.3 is 19.7 Å². The molecule has 164 valence electrons. The number of carbonyl (C=O) groups excluding carboxylic acids is 1. The van der Waals surface area contributed by atoms with E-state index in [0.717, 1.165) is 30.3 Å². The minimum absolute atomic E-state index is 0.213. The minimum Gasteiger partial charge on any atom is -0.490 e. The van der Waals surface area contributed by atoms with Gasteiger partial charge in [-0.05, 0) is 50.3 Å². The maximum Gasteiger partial charge on any atom is 0.255 e. The Morgan fingerprint density at radius 2 is 1.90 bits per heavy atom. The number of nitrogens with one attached hydrogen (secondary N) is 1. The number of rotatable bonds is 11. The molecule has 31 heavy (non-hydrogen) atoms. The number of thiazole rings is 1. The number of benzene rings is 2. The number of amides is 1. The molecule has 0 aliphatic heterocycles. The summed E-state index contributed by atoms with van der Waals surface area (Å²) in [5.74, 6) is 1.08. The second-order valence-electron chi connectivity index (χ2n) is 7.00. The molecule has 1 aromatic heterocycles. The molecular weight excluding hydrogens is 410 g/mol. The molecule has 0 fully saturated rings. The van der Waals surface area contributed by atoms with Crippen LogP contribution < -0.4 is 14.8 Å². The lowest BCUT2D eigenvalue weighted by Gasteiger charge is -2.19. The molecule has 0 bridgehead atoms. The Labute approximate surface area is 187 Å². The molecule has 6 nitrogen and oxygen atoms in total. The zero-order chi connectivity index (χ0) is 22.1. The number of nitrogens with zero attached hydrogens (tertiary/aromatic N) is 2. The Morgan fingerprint density at radius 1 is 1.10 bits per heavy atom. The maximum atomic E-state index is 12.8. The number of likely N-dealkylation sites (N-methyl/N-ethyl adjacent to an activating group) is 1. The lowest BCUT2D eigenvalue weighted by Crippen LogP contribution is -2.28. The largest absolute Gasteiger partial charge is 0.490 e. The maximum absolute atomic E-state index is 12.8. The summed E-state index contributed by atoms with van der Waals surface area (Å²) in [6.07, 6.45) is 0. The summed E-state index contributed by atoms with van der Waals surface area (Å²) in [6.45, 7) is 9.97. The van der Waals surface area contributed by atoms with Gasteiger partial charge in [-0.25, -0.2) is 4.98 Å². The van der Waals surface area contributed by atoms with Crippen molar-refractivity contribution in [3.05, 3.63) is 70.2 Å². The first-order valence-corrected chi connectivity index (χ1v) is 11.4. The third-order valence-corrected chi connectivity index (χ3v) is 5.67. The molecule has 0 saturated carbocycles. The highest BCUT2D eigenvalue weighted by Crippen LogP contribution is 2.25. The van der Waals surface area contributed by atoms with E-state index in [1.165, 1.54) is 0 Å². The second kappa shape index (κ2) is 11.5. The number of ether oxygens (including phenoxy) is 2. The first-order chi connectivity index (χ1) is 15.1. The second-order valence-corrected chi connectivity index (χ2v) is 8.06. The van der Waals surface area contributed by atoms with Crippen LogP contribution in [0.5, 0.6) is 11.5 Å². The number of para-hydroxylation sites is 2. The SMILES string of the molecule is CCN(CC)CCOc1ccccc1NC(=O)c1cccc(OCc2csc(C)n2)c1. The smallest absolute Gasteiger partial charge is 0.255 e. The van der Waals surface area contributed by atoms with Crippen LogP contribution in [0.3, 0.4) is 0 Å². The standard InChI is InChI=1S/C24H29N3O3S/c1-4-27(5-2)13-14-29-23-12-7-6-11-22(23)26-24(28)19-9-8-10-21(15-19)30-16-20-17-31-18(3)25-20/h6-12,15,17H,4-5,13-14,16H2,1-3H3,(H,26,28). The van der Waals surface area contributed by atoms with Gasteiger partial charge in [0.15, 0.2) is 0 Å². The van der Waals surface area contributed by atoms with Crippen molar-refractivity contribution in [1.29, 1.82) is 0 Å². The first kappa shape index (κ1) is 22.8. The summed E-state index contributed by atoms with van der Waals surface area (Å²) in [5, 5.41) is 5.93. The molecule has 1 heterocycles. The van der Waals surface area contributed by atoms with Crippen LogP contribution in [-0.4, -0.2) is 42.0 Å². The van der Waals surface area contributed by atoms with Crippen molar-refractivity contribution in [1.82, 2.24) is 9.88 Å². The molecule has 0 radical (unpaired) electrons. The monoisotopic (exact) mass is 439 g/mol. The molecule has 3 aromatic rings. The van der Waals surface area contributed by atoms with E-state index in [1.54, 1.807) is 23.5 Å². The van der Waals surface area contributed by atoms with E-state index in [0.29, 0.717) is 36.0 Å². The van der Waals surface area contributed by atoms with Crippen LogP contribution in [0.2, 0.25) is 0 Å². The molecule has 3 rings (SSSR count). The minimum atomic E-state index is -0.213. The van der Waals surface area contributed by atoms with Crippen LogP contribution in [0.1, 0.15) is 34.9 Å². The Bertz CT molecular complexity index is 985. The number of hydrogen-bond acceptors (Lipinski definition) is 6. The van der Waals surface area contributed by atoms with Crippen LogP contribution in [0, 0.1) is 6.92 Å². The molecule has 0 unspecified atom stereocenters. The molecule has 0 aliphatic carbocycles. The summed E-state index contributed by atoms with van der Waals surface area (Å²) in [4.78, 5) is 19.5. The summed E-state index contributed by atoms with van der Waals surface area (Å²) in [7, 11) is 0. The Hall–Kier alpha value is -2.90. The topological polar surface area (TPSA) is 63.7 Å². The molecular formula is C24H29N3O3S. The van der Waals surface area contributed by atoms with E-state index < -0.39 is 0 Å². The lowest BCUT2D eigenvalue weighted by molar-refractivity contribution is 0.102. The number of carbonyl (C=O) groups is 1. The van der Waals surface area contributed by atoms with Crippen LogP contribution in [-0.2, 0) is 6.61 Å². The Balaban J connectivity index is 1.61. The van der Waals surface area contributed by atoms with Crippen molar-refractivity contribution < 1.29 is 14.3 Å². The zero-order valence-corrected chi connectivity index (χ0v) is 19.1. The van der Waals surface area contributed by atoms with Crippen molar-refractivity contribution in [3.8, 4) is 11.5 Å². The van der Waals surface area contributed by atoms with Gasteiger partial charge in [0.2, 0.25) is 0 Å². The van der Waals surface area contributed by atoms with Crippen molar-refractivity contribution in [2.75, 3.05) is 31.6 Å². The van der Waals surface area contributed by atoms with Gasteiger partial charge in [-0.15, -0.1) is 11.3 Å². The van der Waals surface area contributed by atoms with Crippen LogP contribution in [0.15, 0.2) is 53.9 Å². The third kappa shape index (κ3) is 6.80. The quantitative estimate of drug-likeness (QED) is 0.455. The first-order valence-electron chi connectivity index (χ1n) is 10.5. The van der Waals surface area contributed by atoms with E-state index in [1.807, 2.05) is 48.7 Å². The van der Waals surface area contributed by atoms with Crippen molar-refractivity contribution in [2.45, 2.75) is 27.4 Å². The fraction of sp³-hybridized carbons (Fsp3) is 0.333. The molecule has 0 atom stereocenters. The Morgan fingerprint density at radius 3 is 2.65 bits per heavy atom. The van der Waals surface area contributed by atoms with E-state index >= 15 is 0 Å². The van der Waals surface area contributed by atoms with Gasteiger partial charge in [0.1, 0.15) is 24.7 Å². The zero-order valence-electron chi connectivity index (χ0n) is 18.3. The Kier molecular flexibility index (Phi) is 8.44.